The van der Waals surface area contributed by atoms with E-state index in [4.69, 9.17) is 0 Å². The maximum atomic E-state index is 10.2. The lowest BCUT2D eigenvalue weighted by molar-refractivity contribution is -0.112. The number of anilines is 1. The van der Waals surface area contributed by atoms with Gasteiger partial charge in [-0.3, -0.25) is 5.10 Å². The van der Waals surface area contributed by atoms with E-state index in [0.717, 1.165) is 60.1 Å². The van der Waals surface area contributed by atoms with Gasteiger partial charge in [0.1, 0.15) is 6.29 Å². The molecule has 0 unspecified atom stereocenters. The lowest BCUT2D eigenvalue weighted by atomic mass is 9.99. The summed E-state index contributed by atoms with van der Waals surface area (Å²) in [6.45, 7) is 9.75. The standard InChI is InChI=1S/C15H12N4.C7H13NO.C6H10/c1-17-15-13-8-10(6-7-14(13)18-19-15)12-5-3-2-4-11(12)9-16;1-8-4-2-7(6-9)3-5-8;1-4-6(3)5-2/h2-8H,1H3,(H2,17,18,19);6-7H,2-5H2,1H3;4-5H,1H2,2-3H3/b;;6-5-. The molecule has 1 aliphatic heterocycles. The second-order valence-electron chi connectivity index (χ2n) is 8.25. The van der Waals surface area contributed by atoms with Crippen molar-refractivity contribution in [2.24, 2.45) is 5.92 Å². The zero-order valence-corrected chi connectivity index (χ0v) is 20.6. The Morgan fingerprint density at radius 2 is 1.97 bits per heavy atom. The van der Waals surface area contributed by atoms with E-state index in [0.29, 0.717) is 11.5 Å². The van der Waals surface area contributed by atoms with Gasteiger partial charge in [0.05, 0.1) is 17.1 Å². The number of carbonyl (C=O) groups is 1. The van der Waals surface area contributed by atoms with Crippen molar-refractivity contribution in [3.05, 3.63) is 72.3 Å². The number of carbonyl (C=O) groups excluding carboxylic acids is 1. The lowest BCUT2D eigenvalue weighted by Crippen LogP contribution is -2.30. The third kappa shape index (κ3) is 7.43. The quantitative estimate of drug-likeness (QED) is 0.381. The number of nitrogens with one attached hydrogen (secondary N) is 2. The summed E-state index contributed by atoms with van der Waals surface area (Å²) in [4.78, 5) is 12.5. The molecule has 178 valence electrons. The predicted molar refractivity (Wildman–Crippen MR) is 142 cm³/mol. The molecule has 2 heterocycles. The van der Waals surface area contributed by atoms with E-state index in [-0.39, 0.29) is 0 Å². The van der Waals surface area contributed by atoms with Crippen LogP contribution in [-0.2, 0) is 4.79 Å². The minimum Gasteiger partial charge on any atom is -0.371 e. The van der Waals surface area contributed by atoms with Crippen LogP contribution < -0.4 is 5.32 Å². The number of likely N-dealkylation sites (tertiary alicyclic amines) is 1. The van der Waals surface area contributed by atoms with Gasteiger partial charge >= 0.3 is 0 Å². The summed E-state index contributed by atoms with van der Waals surface area (Å²) in [5, 5.41) is 20.4. The van der Waals surface area contributed by atoms with Crippen LogP contribution in [0, 0.1) is 17.2 Å². The Kier molecular flexibility index (Phi) is 10.8. The molecule has 2 aromatic carbocycles. The van der Waals surface area contributed by atoms with Gasteiger partial charge in [0.25, 0.3) is 0 Å². The van der Waals surface area contributed by atoms with Crippen molar-refractivity contribution >= 4 is 23.0 Å². The maximum Gasteiger partial charge on any atom is 0.155 e. The number of nitriles is 1. The molecule has 4 rings (SSSR count). The summed E-state index contributed by atoms with van der Waals surface area (Å²) in [5.74, 6) is 1.16. The number of hydrogen-bond donors (Lipinski definition) is 2. The average molecular weight is 458 g/mol. The normalized spacial score (nSPS) is 14.1. The Morgan fingerprint density at radius 3 is 2.53 bits per heavy atom. The van der Waals surface area contributed by atoms with Gasteiger partial charge in [-0.15, -0.1) is 0 Å². The summed E-state index contributed by atoms with van der Waals surface area (Å²) >= 11 is 0. The number of aromatic amines is 1. The third-order valence-corrected chi connectivity index (χ3v) is 5.89. The first-order valence-electron chi connectivity index (χ1n) is 11.5. The number of fused-ring (bicyclic) bond motifs is 1. The van der Waals surface area contributed by atoms with Crippen LogP contribution in [0.5, 0.6) is 0 Å². The van der Waals surface area contributed by atoms with Crippen molar-refractivity contribution in [3.8, 4) is 17.2 Å². The second-order valence-corrected chi connectivity index (χ2v) is 8.25. The fourth-order valence-electron chi connectivity index (χ4n) is 3.49. The molecule has 6 nitrogen and oxygen atoms in total. The summed E-state index contributed by atoms with van der Waals surface area (Å²) in [5.41, 5.74) is 4.84. The van der Waals surface area contributed by atoms with Crippen LogP contribution in [0.3, 0.4) is 0 Å². The van der Waals surface area contributed by atoms with Gasteiger partial charge in [0, 0.05) is 18.4 Å². The van der Waals surface area contributed by atoms with Crippen molar-refractivity contribution in [2.75, 3.05) is 32.5 Å². The molecule has 1 aliphatic rings. The number of nitrogens with zero attached hydrogens (tertiary/aromatic N) is 3. The summed E-state index contributed by atoms with van der Waals surface area (Å²) < 4.78 is 0. The van der Waals surface area contributed by atoms with E-state index in [2.05, 4.69) is 40.1 Å². The molecule has 0 atom stereocenters. The topological polar surface area (TPSA) is 84.8 Å². The highest BCUT2D eigenvalue weighted by Gasteiger charge is 2.14. The van der Waals surface area contributed by atoms with Crippen LogP contribution in [0.4, 0.5) is 5.82 Å². The van der Waals surface area contributed by atoms with E-state index in [1.807, 2.05) is 75.5 Å². The Labute approximate surface area is 203 Å². The molecule has 3 aromatic rings. The van der Waals surface area contributed by atoms with Gasteiger partial charge in [-0.25, -0.2) is 0 Å². The fourth-order valence-corrected chi connectivity index (χ4v) is 3.49. The predicted octanol–water partition coefficient (Wildman–Crippen LogP) is 5.81. The molecule has 1 saturated heterocycles. The van der Waals surface area contributed by atoms with Crippen LogP contribution in [-0.4, -0.2) is 48.6 Å². The van der Waals surface area contributed by atoms with Crippen molar-refractivity contribution in [3.63, 3.8) is 0 Å². The number of hydrogen-bond acceptors (Lipinski definition) is 5. The van der Waals surface area contributed by atoms with Crippen LogP contribution in [0.1, 0.15) is 32.3 Å². The van der Waals surface area contributed by atoms with E-state index in [9.17, 15) is 10.1 Å². The first-order chi connectivity index (χ1) is 16.5. The van der Waals surface area contributed by atoms with E-state index >= 15 is 0 Å². The number of piperidine rings is 1. The van der Waals surface area contributed by atoms with Crippen molar-refractivity contribution < 1.29 is 4.79 Å². The average Bonchev–Trinajstić information content (AvgIpc) is 3.31. The third-order valence-electron chi connectivity index (χ3n) is 5.89. The monoisotopic (exact) mass is 457 g/mol. The Balaban J connectivity index is 0.000000226. The van der Waals surface area contributed by atoms with Crippen molar-refractivity contribution in [1.29, 1.82) is 5.26 Å². The van der Waals surface area contributed by atoms with Gasteiger partial charge in [0.15, 0.2) is 5.82 Å². The molecule has 0 spiro atoms. The Morgan fingerprint density at radius 1 is 1.26 bits per heavy atom. The molecule has 0 saturated carbocycles. The number of benzene rings is 2. The first kappa shape index (κ1) is 26.6. The minimum absolute atomic E-state index is 0.348. The molecule has 2 N–H and O–H groups in total. The van der Waals surface area contributed by atoms with E-state index in [1.54, 1.807) is 0 Å². The number of rotatable bonds is 4. The van der Waals surface area contributed by atoms with Crippen LogP contribution in [0.25, 0.3) is 22.0 Å². The van der Waals surface area contributed by atoms with Gasteiger partial charge in [-0.05, 0) is 76.2 Å². The molecule has 1 aromatic heterocycles. The van der Waals surface area contributed by atoms with E-state index < -0.39 is 0 Å². The maximum absolute atomic E-state index is 10.2. The van der Waals surface area contributed by atoms with Crippen LogP contribution in [0.2, 0.25) is 0 Å². The number of H-pyrrole nitrogens is 1. The van der Waals surface area contributed by atoms with Gasteiger partial charge in [-0.2, -0.15) is 10.4 Å². The smallest absolute Gasteiger partial charge is 0.155 e. The summed E-state index contributed by atoms with van der Waals surface area (Å²) in [7, 11) is 3.94. The highest BCUT2D eigenvalue weighted by molar-refractivity contribution is 5.93. The van der Waals surface area contributed by atoms with Crippen LogP contribution >= 0.6 is 0 Å². The SMILES string of the molecule is C=C/C(C)=C\C.CN1CCC(C=O)CC1.CNc1n[nH]c2ccc(-c3ccccc3C#N)cc12. The largest absolute Gasteiger partial charge is 0.371 e. The Bertz CT molecular complexity index is 1150. The molecule has 0 bridgehead atoms. The van der Waals surface area contributed by atoms with Crippen molar-refractivity contribution in [1.82, 2.24) is 15.1 Å². The molecule has 6 heteroatoms. The van der Waals surface area contributed by atoms with Crippen LogP contribution in [0.15, 0.2) is 66.8 Å². The second kappa shape index (κ2) is 13.8. The molecule has 0 amide bonds. The molecular weight excluding hydrogens is 422 g/mol. The van der Waals surface area contributed by atoms with Gasteiger partial charge in [-0.1, -0.05) is 48.6 Å². The molecule has 34 heavy (non-hydrogen) atoms. The highest BCUT2D eigenvalue weighted by atomic mass is 16.1. The van der Waals surface area contributed by atoms with Crippen molar-refractivity contribution in [2.45, 2.75) is 26.7 Å². The molecule has 0 radical (unpaired) electrons. The fraction of sp³-hybridized carbons (Fsp3) is 0.321. The Hall–Kier alpha value is -3.69. The minimum atomic E-state index is 0.348. The number of aldehydes is 1. The van der Waals surface area contributed by atoms with Gasteiger partial charge < -0.3 is 15.0 Å². The first-order valence-corrected chi connectivity index (χ1v) is 11.5. The number of allylic oxidation sites excluding steroid dienone is 3. The molecular formula is C28H35N5O. The summed E-state index contributed by atoms with van der Waals surface area (Å²) in [6, 6.07) is 15.8. The lowest BCUT2D eigenvalue weighted by Gasteiger charge is -2.25. The summed E-state index contributed by atoms with van der Waals surface area (Å²) in [6.07, 6.45) is 7.06. The zero-order valence-electron chi connectivity index (χ0n) is 20.6. The van der Waals surface area contributed by atoms with Gasteiger partial charge in [0.2, 0.25) is 0 Å². The van der Waals surface area contributed by atoms with E-state index in [1.165, 1.54) is 5.57 Å². The zero-order chi connectivity index (χ0) is 24.9. The highest BCUT2D eigenvalue weighted by Crippen LogP contribution is 2.29. The molecule has 0 aliphatic carbocycles. The molecule has 1 fully saturated rings. The number of aromatic nitrogens is 2.